The number of para-hydroxylation sites is 1. The predicted molar refractivity (Wildman–Crippen MR) is 114 cm³/mol. The van der Waals surface area contributed by atoms with E-state index in [1.54, 1.807) is 23.2 Å². The van der Waals surface area contributed by atoms with E-state index >= 15 is 0 Å². The van der Waals surface area contributed by atoms with Crippen LogP contribution in [0, 0.1) is 12.8 Å². The molecular weight excluding hydrogens is 384 g/mol. The monoisotopic (exact) mass is 412 g/mol. The molecule has 1 aliphatic heterocycles. The molecule has 4 rings (SSSR count). The molecule has 1 saturated carbocycles. The van der Waals surface area contributed by atoms with Crippen LogP contribution in [0.25, 0.3) is 0 Å². The Morgan fingerprint density at radius 2 is 2.03 bits per heavy atom. The smallest absolute Gasteiger partial charge is 0.242 e. The zero-order chi connectivity index (χ0) is 20.4. The van der Waals surface area contributed by atoms with Crippen molar-refractivity contribution in [2.24, 2.45) is 5.92 Å². The van der Waals surface area contributed by atoms with Gasteiger partial charge in [-0.25, -0.2) is 0 Å². The second kappa shape index (κ2) is 8.57. The average Bonchev–Trinajstić information content (AvgIpc) is 3.39. The van der Waals surface area contributed by atoms with E-state index in [1.807, 2.05) is 36.1 Å². The van der Waals surface area contributed by atoms with Crippen molar-refractivity contribution in [3.63, 3.8) is 0 Å². The van der Waals surface area contributed by atoms with Crippen molar-refractivity contribution >= 4 is 23.2 Å². The topological polar surface area (TPSA) is 49.9 Å². The van der Waals surface area contributed by atoms with Crippen LogP contribution in [-0.4, -0.2) is 47.9 Å². The van der Waals surface area contributed by atoms with Crippen molar-refractivity contribution in [2.75, 3.05) is 26.2 Å². The minimum Gasteiger partial charge on any atom is -0.491 e. The molecule has 1 fully saturated rings. The highest BCUT2D eigenvalue weighted by Gasteiger charge is 2.34. The lowest BCUT2D eigenvalue weighted by molar-refractivity contribution is -0.142. The predicted octanol–water partition coefficient (Wildman–Crippen LogP) is 3.82. The van der Waals surface area contributed by atoms with E-state index < -0.39 is 0 Å². The summed E-state index contributed by atoms with van der Waals surface area (Å²) in [7, 11) is 0. The lowest BCUT2D eigenvalue weighted by Gasteiger charge is -2.37. The Morgan fingerprint density at radius 3 is 2.76 bits per heavy atom. The quantitative estimate of drug-likeness (QED) is 0.695. The number of rotatable bonds is 7. The number of thiophene rings is 1. The van der Waals surface area contributed by atoms with Gasteiger partial charge in [0, 0.05) is 24.9 Å². The largest absolute Gasteiger partial charge is 0.491 e. The molecule has 0 saturated heterocycles. The maximum absolute atomic E-state index is 13.2. The van der Waals surface area contributed by atoms with Crippen molar-refractivity contribution in [1.82, 2.24) is 9.80 Å². The third-order valence-corrected chi connectivity index (χ3v) is 6.85. The fraction of sp³-hybridized carbons (Fsp3) is 0.478. The van der Waals surface area contributed by atoms with Crippen LogP contribution >= 0.6 is 11.3 Å². The summed E-state index contributed by atoms with van der Waals surface area (Å²) in [5.41, 5.74) is 2.26. The normalized spacial score (nSPS) is 18.3. The standard InChI is InChI=1S/C23H28N2O3S/c1-16-5-3-4-6-21(16)28-15-20-19-10-12-29-22(19)9-11-25(20)23(27)14-24(17(2)26)13-18-7-8-18/h3-6,10,12,18,20H,7-9,11,13-15H2,1-2H3. The number of carbonyl (C=O) groups is 2. The number of benzene rings is 1. The molecule has 2 aromatic rings. The van der Waals surface area contributed by atoms with Gasteiger partial charge in [-0.05, 0) is 60.7 Å². The summed E-state index contributed by atoms with van der Waals surface area (Å²) in [6.07, 6.45) is 3.18. The zero-order valence-electron chi connectivity index (χ0n) is 17.1. The average molecular weight is 413 g/mol. The molecule has 1 aromatic heterocycles. The number of amides is 2. The van der Waals surface area contributed by atoms with Gasteiger partial charge in [0.15, 0.2) is 0 Å². The van der Waals surface area contributed by atoms with Gasteiger partial charge in [0.1, 0.15) is 12.4 Å². The van der Waals surface area contributed by atoms with Gasteiger partial charge in [-0.2, -0.15) is 0 Å². The fourth-order valence-corrected chi connectivity index (χ4v) is 4.86. The highest BCUT2D eigenvalue weighted by molar-refractivity contribution is 7.10. The van der Waals surface area contributed by atoms with Crippen LogP contribution in [0.4, 0.5) is 0 Å². The van der Waals surface area contributed by atoms with E-state index in [4.69, 9.17) is 4.74 Å². The summed E-state index contributed by atoms with van der Waals surface area (Å²) in [4.78, 5) is 30.2. The first kappa shape index (κ1) is 20.0. The van der Waals surface area contributed by atoms with Crippen molar-refractivity contribution in [1.29, 1.82) is 0 Å². The Balaban J connectivity index is 1.50. The van der Waals surface area contributed by atoms with Gasteiger partial charge < -0.3 is 14.5 Å². The Hall–Kier alpha value is -2.34. The minimum absolute atomic E-state index is 0.0103. The van der Waals surface area contributed by atoms with E-state index in [9.17, 15) is 9.59 Å². The highest BCUT2D eigenvalue weighted by atomic mass is 32.1. The summed E-state index contributed by atoms with van der Waals surface area (Å²) in [6, 6.07) is 9.94. The molecule has 0 N–H and O–H groups in total. The first-order valence-corrected chi connectivity index (χ1v) is 11.2. The van der Waals surface area contributed by atoms with Crippen molar-refractivity contribution in [3.8, 4) is 5.75 Å². The number of ether oxygens (including phenoxy) is 1. The molecule has 0 radical (unpaired) electrons. The third kappa shape index (κ3) is 4.64. The van der Waals surface area contributed by atoms with Crippen LogP contribution in [0.2, 0.25) is 0 Å². The van der Waals surface area contributed by atoms with Crippen molar-refractivity contribution in [3.05, 3.63) is 51.7 Å². The van der Waals surface area contributed by atoms with Crippen LogP contribution < -0.4 is 4.74 Å². The molecular formula is C23H28N2O3S. The van der Waals surface area contributed by atoms with Crippen LogP contribution in [-0.2, 0) is 16.0 Å². The lowest BCUT2D eigenvalue weighted by Crippen LogP contribution is -2.47. The lowest BCUT2D eigenvalue weighted by atomic mass is 10.0. The maximum atomic E-state index is 13.2. The number of hydrogen-bond donors (Lipinski definition) is 0. The van der Waals surface area contributed by atoms with Crippen LogP contribution in [0.3, 0.4) is 0 Å². The molecule has 0 spiro atoms. The summed E-state index contributed by atoms with van der Waals surface area (Å²) < 4.78 is 6.14. The number of aryl methyl sites for hydroxylation is 1. The van der Waals surface area contributed by atoms with Crippen molar-refractivity contribution < 1.29 is 14.3 Å². The summed E-state index contributed by atoms with van der Waals surface area (Å²) in [5.74, 6) is 1.40. The van der Waals surface area contributed by atoms with E-state index in [-0.39, 0.29) is 24.4 Å². The van der Waals surface area contributed by atoms with Gasteiger partial charge in [-0.1, -0.05) is 18.2 Å². The SMILES string of the molecule is CC(=O)N(CC(=O)N1CCc2sccc2C1COc1ccccc1C)CC1CC1. The van der Waals surface area contributed by atoms with E-state index in [0.29, 0.717) is 25.6 Å². The Bertz CT molecular complexity index is 890. The van der Waals surface area contributed by atoms with Gasteiger partial charge in [-0.3, -0.25) is 9.59 Å². The number of carbonyl (C=O) groups excluding carboxylic acids is 2. The van der Waals surface area contributed by atoms with Crippen LogP contribution in [0.1, 0.15) is 41.8 Å². The highest BCUT2D eigenvalue weighted by Crippen LogP contribution is 2.35. The van der Waals surface area contributed by atoms with Gasteiger partial charge in [0.05, 0.1) is 12.6 Å². The number of fused-ring (bicyclic) bond motifs is 1. The molecule has 2 heterocycles. The Labute approximate surface area is 176 Å². The van der Waals surface area contributed by atoms with Crippen LogP contribution in [0.15, 0.2) is 35.7 Å². The zero-order valence-corrected chi connectivity index (χ0v) is 17.9. The second-order valence-corrected chi connectivity index (χ2v) is 9.07. The van der Waals surface area contributed by atoms with E-state index in [1.165, 1.54) is 10.4 Å². The molecule has 1 aromatic carbocycles. The number of hydrogen-bond acceptors (Lipinski definition) is 4. The molecule has 29 heavy (non-hydrogen) atoms. The Morgan fingerprint density at radius 1 is 1.24 bits per heavy atom. The second-order valence-electron chi connectivity index (χ2n) is 8.07. The van der Waals surface area contributed by atoms with Crippen molar-refractivity contribution in [2.45, 2.75) is 39.2 Å². The van der Waals surface area contributed by atoms with Gasteiger partial charge >= 0.3 is 0 Å². The summed E-state index contributed by atoms with van der Waals surface area (Å²) in [5, 5.41) is 2.09. The molecule has 154 valence electrons. The molecule has 1 unspecified atom stereocenters. The molecule has 6 heteroatoms. The van der Waals surface area contributed by atoms with Crippen LogP contribution in [0.5, 0.6) is 5.75 Å². The summed E-state index contributed by atoms with van der Waals surface area (Å²) >= 11 is 1.75. The van der Waals surface area contributed by atoms with E-state index in [2.05, 4.69) is 11.4 Å². The maximum Gasteiger partial charge on any atom is 0.242 e. The van der Waals surface area contributed by atoms with Gasteiger partial charge in [-0.15, -0.1) is 11.3 Å². The minimum atomic E-state index is -0.119. The first-order chi connectivity index (χ1) is 14.0. The molecule has 1 atom stereocenters. The van der Waals surface area contributed by atoms with Gasteiger partial charge in [0.2, 0.25) is 11.8 Å². The first-order valence-electron chi connectivity index (χ1n) is 10.3. The molecule has 2 aliphatic rings. The Kier molecular flexibility index (Phi) is 5.90. The molecule has 1 aliphatic carbocycles. The summed E-state index contributed by atoms with van der Waals surface area (Å²) in [6.45, 7) is 5.53. The third-order valence-electron chi connectivity index (χ3n) is 5.85. The van der Waals surface area contributed by atoms with E-state index in [0.717, 1.165) is 30.6 Å². The fourth-order valence-electron chi connectivity index (χ4n) is 3.93. The van der Waals surface area contributed by atoms with Gasteiger partial charge in [0.25, 0.3) is 0 Å². The molecule has 2 amide bonds. The molecule has 5 nitrogen and oxygen atoms in total. The molecule has 0 bridgehead atoms. The number of nitrogens with zero attached hydrogens (tertiary/aromatic N) is 2.